The van der Waals surface area contributed by atoms with Crippen LogP contribution in [0.4, 0.5) is 0 Å². The molecule has 134 valence electrons. The van der Waals surface area contributed by atoms with Gasteiger partial charge in [0.25, 0.3) is 0 Å². The van der Waals surface area contributed by atoms with Gasteiger partial charge in [-0.2, -0.15) is 0 Å². The molecule has 0 unspecified atom stereocenters. The zero-order valence-corrected chi connectivity index (χ0v) is 15.7. The van der Waals surface area contributed by atoms with Gasteiger partial charge in [-0.1, -0.05) is 23.2 Å². The Labute approximate surface area is 154 Å². The fourth-order valence-corrected chi connectivity index (χ4v) is 4.24. The number of likely N-dealkylation sites (N-methyl/N-ethyl adjacent to an activating group) is 1. The second-order valence-corrected chi connectivity index (χ2v) is 7.90. The average Bonchev–Trinajstić information content (AvgIpc) is 2.95. The van der Waals surface area contributed by atoms with E-state index in [0.717, 1.165) is 57.9 Å². The third kappa shape index (κ3) is 4.40. The molecular formula is C17H26Cl2N4O. The topological polar surface area (TPSA) is 42.8 Å². The first-order valence-electron chi connectivity index (χ1n) is 8.58. The van der Waals surface area contributed by atoms with E-state index in [9.17, 15) is 5.11 Å². The van der Waals surface area contributed by atoms with E-state index in [0.29, 0.717) is 21.9 Å². The van der Waals surface area contributed by atoms with E-state index < -0.39 is 0 Å². The van der Waals surface area contributed by atoms with Crippen LogP contribution in [-0.2, 0) is 6.54 Å². The van der Waals surface area contributed by atoms with Gasteiger partial charge < -0.3 is 14.9 Å². The van der Waals surface area contributed by atoms with Gasteiger partial charge in [0.2, 0.25) is 0 Å². The predicted molar refractivity (Wildman–Crippen MR) is 97.5 cm³/mol. The molecule has 2 aliphatic heterocycles. The van der Waals surface area contributed by atoms with Crippen molar-refractivity contribution in [1.29, 1.82) is 0 Å². The quantitative estimate of drug-likeness (QED) is 0.851. The molecule has 2 fully saturated rings. The summed E-state index contributed by atoms with van der Waals surface area (Å²) in [6.07, 6.45) is 3.29. The number of piperazine rings is 1. The lowest BCUT2D eigenvalue weighted by atomic mass is 9.96. The summed E-state index contributed by atoms with van der Waals surface area (Å²) >= 11 is 12.5. The van der Waals surface area contributed by atoms with E-state index in [1.807, 2.05) is 0 Å². The van der Waals surface area contributed by atoms with Gasteiger partial charge in [-0.25, -0.2) is 0 Å². The van der Waals surface area contributed by atoms with Crippen molar-refractivity contribution in [2.45, 2.75) is 6.54 Å². The molecular weight excluding hydrogens is 347 g/mol. The van der Waals surface area contributed by atoms with Crippen LogP contribution in [0.2, 0.25) is 10.0 Å². The zero-order chi connectivity index (χ0) is 17.1. The summed E-state index contributed by atoms with van der Waals surface area (Å²) in [5.41, 5.74) is 0.935. The van der Waals surface area contributed by atoms with E-state index in [1.165, 1.54) is 0 Å². The summed E-state index contributed by atoms with van der Waals surface area (Å²) in [5, 5.41) is 11.0. The molecule has 0 spiro atoms. The molecule has 0 bridgehead atoms. The number of hydrogen-bond donors (Lipinski definition) is 1. The lowest BCUT2D eigenvalue weighted by Crippen LogP contribution is -2.47. The van der Waals surface area contributed by atoms with Crippen LogP contribution < -0.4 is 0 Å². The van der Waals surface area contributed by atoms with Gasteiger partial charge >= 0.3 is 0 Å². The Morgan fingerprint density at radius 1 is 1.04 bits per heavy atom. The van der Waals surface area contributed by atoms with Gasteiger partial charge in [-0.15, -0.1) is 0 Å². The Morgan fingerprint density at radius 2 is 1.67 bits per heavy atom. The monoisotopic (exact) mass is 372 g/mol. The minimum absolute atomic E-state index is 0.243. The van der Waals surface area contributed by atoms with E-state index in [2.05, 4.69) is 26.7 Å². The van der Waals surface area contributed by atoms with Crippen LogP contribution in [0.5, 0.6) is 0 Å². The SMILES string of the molecule is CN1CCN(C[C@@H]2CN(Cc3c(Cl)cncc3Cl)C[C@@H]2CO)CC1. The maximum Gasteiger partial charge on any atom is 0.0649 e. The van der Waals surface area contributed by atoms with Crippen LogP contribution in [0.25, 0.3) is 0 Å². The molecule has 0 saturated carbocycles. The number of nitrogens with zero attached hydrogens (tertiary/aromatic N) is 4. The molecule has 0 radical (unpaired) electrons. The zero-order valence-electron chi connectivity index (χ0n) is 14.2. The summed E-state index contributed by atoms with van der Waals surface area (Å²) < 4.78 is 0. The van der Waals surface area contributed by atoms with Gasteiger partial charge in [0.05, 0.1) is 10.0 Å². The molecule has 24 heavy (non-hydrogen) atoms. The van der Waals surface area contributed by atoms with Crippen molar-refractivity contribution in [2.24, 2.45) is 11.8 Å². The number of likely N-dealkylation sites (tertiary alicyclic amines) is 1. The highest BCUT2D eigenvalue weighted by atomic mass is 35.5. The molecule has 0 aliphatic carbocycles. The number of aromatic nitrogens is 1. The van der Waals surface area contributed by atoms with Gasteiger partial charge in [0, 0.05) is 76.9 Å². The summed E-state index contributed by atoms with van der Waals surface area (Å²) in [5.74, 6) is 0.821. The Balaban J connectivity index is 1.60. The maximum absolute atomic E-state index is 9.79. The minimum atomic E-state index is 0.243. The smallest absolute Gasteiger partial charge is 0.0649 e. The van der Waals surface area contributed by atoms with Crippen molar-refractivity contribution < 1.29 is 5.11 Å². The van der Waals surface area contributed by atoms with Crippen molar-refractivity contribution in [3.8, 4) is 0 Å². The molecule has 3 rings (SSSR count). The molecule has 1 N–H and O–H groups in total. The fraction of sp³-hybridized carbons (Fsp3) is 0.706. The van der Waals surface area contributed by atoms with E-state index in [1.54, 1.807) is 12.4 Å². The Kier molecular flexibility index (Phi) is 6.35. The summed E-state index contributed by atoms with van der Waals surface area (Å²) in [6.45, 7) is 8.39. The van der Waals surface area contributed by atoms with E-state index >= 15 is 0 Å². The van der Waals surface area contributed by atoms with Crippen molar-refractivity contribution in [1.82, 2.24) is 19.7 Å². The first kappa shape index (κ1) is 18.4. The van der Waals surface area contributed by atoms with Crippen LogP contribution in [0, 0.1) is 11.8 Å². The Hall–Kier alpha value is -0.430. The molecule has 2 saturated heterocycles. The van der Waals surface area contributed by atoms with Crippen molar-refractivity contribution in [3.05, 3.63) is 28.0 Å². The number of pyridine rings is 1. The second-order valence-electron chi connectivity index (χ2n) is 7.08. The van der Waals surface area contributed by atoms with E-state index in [4.69, 9.17) is 23.2 Å². The van der Waals surface area contributed by atoms with Crippen molar-refractivity contribution >= 4 is 23.2 Å². The van der Waals surface area contributed by atoms with E-state index in [-0.39, 0.29) is 6.61 Å². The summed E-state index contributed by atoms with van der Waals surface area (Å²) in [4.78, 5) is 11.3. The molecule has 1 aromatic rings. The Morgan fingerprint density at radius 3 is 2.29 bits per heavy atom. The highest BCUT2D eigenvalue weighted by molar-refractivity contribution is 6.35. The van der Waals surface area contributed by atoms with Gasteiger partial charge in [0.1, 0.15) is 0 Å². The van der Waals surface area contributed by atoms with Crippen LogP contribution in [0.15, 0.2) is 12.4 Å². The van der Waals surface area contributed by atoms with Crippen LogP contribution in [0.3, 0.4) is 0 Å². The number of rotatable bonds is 5. The van der Waals surface area contributed by atoms with Crippen LogP contribution in [0.1, 0.15) is 5.56 Å². The van der Waals surface area contributed by atoms with Crippen LogP contribution >= 0.6 is 23.2 Å². The van der Waals surface area contributed by atoms with Crippen molar-refractivity contribution in [3.63, 3.8) is 0 Å². The maximum atomic E-state index is 9.79. The predicted octanol–water partition coefficient (Wildman–Crippen LogP) is 1.68. The molecule has 5 nitrogen and oxygen atoms in total. The van der Waals surface area contributed by atoms with Gasteiger partial charge in [-0.3, -0.25) is 9.88 Å². The molecule has 0 aromatic carbocycles. The largest absolute Gasteiger partial charge is 0.396 e. The molecule has 7 heteroatoms. The summed E-state index contributed by atoms with van der Waals surface area (Å²) in [7, 11) is 2.17. The van der Waals surface area contributed by atoms with Crippen LogP contribution in [-0.4, -0.2) is 84.3 Å². The molecule has 1 aromatic heterocycles. The number of hydrogen-bond acceptors (Lipinski definition) is 5. The first-order chi connectivity index (χ1) is 11.6. The second kappa shape index (κ2) is 8.30. The minimum Gasteiger partial charge on any atom is -0.396 e. The fourth-order valence-electron chi connectivity index (χ4n) is 3.75. The normalized spacial score (nSPS) is 27.0. The first-order valence-corrected chi connectivity index (χ1v) is 9.34. The molecule has 2 atom stereocenters. The average molecular weight is 373 g/mol. The molecule has 0 amide bonds. The van der Waals surface area contributed by atoms with Gasteiger partial charge in [0.15, 0.2) is 0 Å². The number of halogens is 2. The lowest BCUT2D eigenvalue weighted by molar-refractivity contribution is 0.116. The highest BCUT2D eigenvalue weighted by Crippen LogP contribution is 2.30. The van der Waals surface area contributed by atoms with Crippen molar-refractivity contribution in [2.75, 3.05) is 59.5 Å². The Bertz CT molecular complexity index is 531. The van der Waals surface area contributed by atoms with Gasteiger partial charge in [-0.05, 0) is 18.9 Å². The number of aliphatic hydroxyl groups excluding tert-OH is 1. The standard InChI is InChI=1S/C17H26Cl2N4O/c1-21-2-4-22(5-3-21)8-13-9-23(10-14(13)12-24)11-15-16(18)6-20-7-17(15)19/h6-7,13-14,24H,2-5,8-12H2,1H3/t13-,14-/m1/s1. The highest BCUT2D eigenvalue weighted by Gasteiger charge is 2.34. The lowest BCUT2D eigenvalue weighted by Gasteiger charge is -2.34. The third-order valence-corrected chi connectivity index (χ3v) is 5.96. The molecule has 2 aliphatic rings. The summed E-state index contributed by atoms with van der Waals surface area (Å²) in [6, 6.07) is 0. The third-order valence-electron chi connectivity index (χ3n) is 5.31. The number of aliphatic hydroxyl groups is 1. The molecule has 3 heterocycles.